The summed E-state index contributed by atoms with van der Waals surface area (Å²) >= 11 is 0. The zero-order valence-electron chi connectivity index (χ0n) is 18.4. The fourth-order valence-electron chi connectivity index (χ4n) is 4.54. The lowest BCUT2D eigenvalue weighted by atomic mass is 9.88. The third-order valence-corrected chi connectivity index (χ3v) is 6.25. The van der Waals surface area contributed by atoms with Crippen molar-refractivity contribution in [3.05, 3.63) is 94.5 Å². The highest BCUT2D eigenvalue weighted by molar-refractivity contribution is 5.93. The summed E-state index contributed by atoms with van der Waals surface area (Å²) < 4.78 is 1.59. The molecule has 166 valence electrons. The molecule has 0 aliphatic heterocycles. The number of carbonyl (C=O) groups is 1. The number of fused-ring (bicyclic) bond motifs is 1. The fraction of sp³-hybridized carbons (Fsp3) is 0.259. The summed E-state index contributed by atoms with van der Waals surface area (Å²) in [6.07, 6.45) is 7.38. The molecule has 1 aliphatic rings. The second-order valence-corrected chi connectivity index (χ2v) is 8.58. The molecular formula is C27H26N4O2. The van der Waals surface area contributed by atoms with Gasteiger partial charge in [-0.2, -0.15) is 0 Å². The first-order chi connectivity index (χ1) is 16.2. The molecule has 1 amide bonds. The molecule has 2 aromatic carbocycles. The minimum Gasteiger partial charge on any atom is -0.326 e. The Kier molecular flexibility index (Phi) is 5.98. The Labute approximate surface area is 192 Å². The number of rotatable bonds is 5. The van der Waals surface area contributed by atoms with Crippen LogP contribution in [-0.4, -0.2) is 20.4 Å². The van der Waals surface area contributed by atoms with Crippen molar-refractivity contribution in [2.24, 2.45) is 5.92 Å². The van der Waals surface area contributed by atoms with E-state index in [9.17, 15) is 9.59 Å². The van der Waals surface area contributed by atoms with Gasteiger partial charge in [0, 0.05) is 24.2 Å². The van der Waals surface area contributed by atoms with E-state index in [1.54, 1.807) is 10.8 Å². The normalized spacial score (nSPS) is 14.3. The largest absolute Gasteiger partial charge is 0.326 e. The molecule has 0 spiro atoms. The van der Waals surface area contributed by atoms with Crippen molar-refractivity contribution in [2.45, 2.75) is 38.5 Å². The second-order valence-electron chi connectivity index (χ2n) is 8.58. The van der Waals surface area contributed by atoms with Crippen molar-refractivity contribution in [3.8, 4) is 5.69 Å². The van der Waals surface area contributed by atoms with Gasteiger partial charge in [0.1, 0.15) is 11.2 Å². The first-order valence-corrected chi connectivity index (χ1v) is 11.5. The van der Waals surface area contributed by atoms with E-state index >= 15 is 0 Å². The quantitative estimate of drug-likeness (QED) is 0.481. The Morgan fingerprint density at radius 3 is 2.61 bits per heavy atom. The standard InChI is InChI=1S/C27H26N4O2/c32-26(20-11-5-2-6-12-20)29-21-13-7-14-22(18-21)31-25-23(15-8-16-28-25)30-24(27(31)33)17-19-9-3-1-4-10-19/h1,3-4,7-10,13-16,18,20H,2,5-6,11-12,17H2,(H,29,32). The summed E-state index contributed by atoms with van der Waals surface area (Å²) in [5, 5.41) is 3.05. The van der Waals surface area contributed by atoms with Gasteiger partial charge in [-0.3, -0.25) is 14.2 Å². The van der Waals surface area contributed by atoms with Gasteiger partial charge in [0.25, 0.3) is 5.56 Å². The van der Waals surface area contributed by atoms with Crippen LogP contribution in [0.15, 0.2) is 77.7 Å². The topological polar surface area (TPSA) is 76.9 Å². The van der Waals surface area contributed by atoms with E-state index in [1.807, 2.05) is 66.7 Å². The van der Waals surface area contributed by atoms with Crippen LogP contribution in [0.25, 0.3) is 16.9 Å². The maximum Gasteiger partial charge on any atom is 0.278 e. The number of aromatic nitrogens is 3. The van der Waals surface area contributed by atoms with Crippen LogP contribution in [0.3, 0.4) is 0 Å². The maximum absolute atomic E-state index is 13.5. The molecule has 33 heavy (non-hydrogen) atoms. The number of nitrogens with zero attached hydrogens (tertiary/aromatic N) is 3. The van der Waals surface area contributed by atoms with Crippen LogP contribution >= 0.6 is 0 Å². The molecule has 5 rings (SSSR count). The minimum absolute atomic E-state index is 0.0571. The molecule has 2 heterocycles. The lowest BCUT2D eigenvalue weighted by molar-refractivity contribution is -0.120. The molecule has 6 heteroatoms. The summed E-state index contributed by atoms with van der Waals surface area (Å²) in [6.45, 7) is 0. The van der Waals surface area contributed by atoms with Crippen molar-refractivity contribution in [3.63, 3.8) is 0 Å². The summed E-state index contributed by atoms with van der Waals surface area (Å²) in [4.78, 5) is 35.4. The van der Waals surface area contributed by atoms with Crippen LogP contribution in [-0.2, 0) is 11.2 Å². The Hall–Kier alpha value is -3.80. The maximum atomic E-state index is 13.5. The van der Waals surface area contributed by atoms with Crippen LogP contribution < -0.4 is 10.9 Å². The number of anilines is 1. The van der Waals surface area contributed by atoms with E-state index < -0.39 is 0 Å². The van der Waals surface area contributed by atoms with Gasteiger partial charge in [0.15, 0.2) is 5.65 Å². The zero-order valence-corrected chi connectivity index (χ0v) is 18.4. The van der Waals surface area contributed by atoms with Crippen molar-refractivity contribution >= 4 is 22.8 Å². The van der Waals surface area contributed by atoms with E-state index in [2.05, 4.69) is 15.3 Å². The molecule has 0 saturated heterocycles. The highest BCUT2D eigenvalue weighted by Crippen LogP contribution is 2.25. The molecule has 0 bridgehead atoms. The molecule has 1 aliphatic carbocycles. The van der Waals surface area contributed by atoms with Crippen molar-refractivity contribution in [2.75, 3.05) is 5.32 Å². The molecule has 2 aromatic heterocycles. The Morgan fingerprint density at radius 2 is 1.79 bits per heavy atom. The third kappa shape index (κ3) is 4.55. The minimum atomic E-state index is -0.208. The first-order valence-electron chi connectivity index (χ1n) is 11.5. The molecule has 1 saturated carbocycles. The van der Waals surface area contributed by atoms with Gasteiger partial charge in [-0.25, -0.2) is 9.97 Å². The van der Waals surface area contributed by atoms with E-state index in [1.165, 1.54) is 6.42 Å². The Bertz CT molecular complexity index is 1340. The van der Waals surface area contributed by atoms with E-state index in [-0.39, 0.29) is 17.4 Å². The average Bonchev–Trinajstić information content (AvgIpc) is 2.86. The monoisotopic (exact) mass is 438 g/mol. The predicted octanol–water partition coefficient (Wildman–Crippen LogP) is 4.89. The van der Waals surface area contributed by atoms with E-state index in [4.69, 9.17) is 0 Å². The lowest BCUT2D eigenvalue weighted by Gasteiger charge is -2.21. The van der Waals surface area contributed by atoms with Crippen LogP contribution in [0.4, 0.5) is 5.69 Å². The molecule has 1 N–H and O–H groups in total. The number of benzene rings is 2. The zero-order chi connectivity index (χ0) is 22.6. The summed E-state index contributed by atoms with van der Waals surface area (Å²) in [5.74, 6) is 0.118. The number of nitrogens with one attached hydrogen (secondary N) is 1. The van der Waals surface area contributed by atoms with Crippen LogP contribution in [0.1, 0.15) is 43.4 Å². The third-order valence-electron chi connectivity index (χ3n) is 6.25. The SMILES string of the molecule is O=C(Nc1cccc(-n2c(=O)c(Cc3ccccc3)nc3cccnc32)c1)C1CCCCC1. The molecule has 0 radical (unpaired) electrons. The van der Waals surface area contributed by atoms with Gasteiger partial charge < -0.3 is 5.32 Å². The highest BCUT2D eigenvalue weighted by atomic mass is 16.2. The van der Waals surface area contributed by atoms with E-state index in [0.29, 0.717) is 34.7 Å². The number of pyridine rings is 1. The van der Waals surface area contributed by atoms with Crippen molar-refractivity contribution in [1.82, 2.24) is 14.5 Å². The van der Waals surface area contributed by atoms with Gasteiger partial charge in [0.05, 0.1) is 5.69 Å². The van der Waals surface area contributed by atoms with E-state index in [0.717, 1.165) is 31.2 Å². The number of hydrogen-bond donors (Lipinski definition) is 1. The molecular weight excluding hydrogens is 412 g/mol. The highest BCUT2D eigenvalue weighted by Gasteiger charge is 2.21. The molecule has 6 nitrogen and oxygen atoms in total. The summed E-state index contributed by atoms with van der Waals surface area (Å²) in [6, 6.07) is 20.9. The van der Waals surface area contributed by atoms with Crippen LogP contribution in [0.5, 0.6) is 0 Å². The van der Waals surface area contributed by atoms with Gasteiger partial charge in [0.2, 0.25) is 5.91 Å². The molecule has 0 atom stereocenters. The Morgan fingerprint density at radius 1 is 0.970 bits per heavy atom. The summed E-state index contributed by atoms with van der Waals surface area (Å²) in [7, 11) is 0. The average molecular weight is 439 g/mol. The van der Waals surface area contributed by atoms with Crippen LogP contribution in [0, 0.1) is 5.92 Å². The van der Waals surface area contributed by atoms with Gasteiger partial charge in [-0.15, -0.1) is 0 Å². The van der Waals surface area contributed by atoms with Crippen molar-refractivity contribution in [1.29, 1.82) is 0 Å². The number of carbonyl (C=O) groups excluding carboxylic acids is 1. The summed E-state index contributed by atoms with van der Waals surface area (Å²) in [5.41, 5.74) is 3.75. The molecule has 4 aromatic rings. The molecule has 0 unspecified atom stereocenters. The van der Waals surface area contributed by atoms with Gasteiger partial charge in [-0.05, 0) is 48.7 Å². The molecule has 1 fully saturated rings. The first kappa shape index (κ1) is 21.1. The van der Waals surface area contributed by atoms with Crippen molar-refractivity contribution < 1.29 is 4.79 Å². The predicted molar refractivity (Wildman–Crippen MR) is 130 cm³/mol. The number of amides is 1. The number of hydrogen-bond acceptors (Lipinski definition) is 4. The van der Waals surface area contributed by atoms with Crippen LogP contribution in [0.2, 0.25) is 0 Å². The smallest absolute Gasteiger partial charge is 0.278 e. The fourth-order valence-corrected chi connectivity index (χ4v) is 4.54. The van der Waals surface area contributed by atoms with Gasteiger partial charge in [-0.1, -0.05) is 55.7 Å². The second kappa shape index (κ2) is 9.36. The Balaban J connectivity index is 1.54. The lowest BCUT2D eigenvalue weighted by Crippen LogP contribution is -2.26. The van der Waals surface area contributed by atoms with Gasteiger partial charge >= 0.3 is 0 Å².